The maximum Gasteiger partial charge on any atom is 0.244 e. The Bertz CT molecular complexity index is 1130. The smallest absolute Gasteiger partial charge is 0.244 e. The van der Waals surface area contributed by atoms with Crippen LogP contribution in [-0.4, -0.2) is 63.3 Å². The van der Waals surface area contributed by atoms with Crippen LogP contribution >= 0.6 is 0 Å². The third kappa shape index (κ3) is 4.49. The maximum atomic E-state index is 13.1. The second kappa shape index (κ2) is 9.52. The summed E-state index contributed by atoms with van der Waals surface area (Å²) in [6.45, 7) is 2.63. The highest BCUT2D eigenvalue weighted by molar-refractivity contribution is 7.89. The quantitative estimate of drug-likeness (QED) is 0.665. The average molecular weight is 488 g/mol. The number of benzene rings is 1. The number of hydrogen-bond donors (Lipinski definition) is 1. The molecule has 2 aromatic rings. The Kier molecular flexibility index (Phi) is 6.46. The van der Waals surface area contributed by atoms with Crippen LogP contribution in [0.3, 0.4) is 0 Å². The zero-order valence-corrected chi connectivity index (χ0v) is 19.8. The van der Waals surface area contributed by atoms with E-state index in [9.17, 15) is 13.2 Å². The Morgan fingerprint density at radius 1 is 1.12 bits per heavy atom. The first kappa shape index (κ1) is 23.1. The summed E-state index contributed by atoms with van der Waals surface area (Å²) in [5.41, 5.74) is 0.872. The van der Waals surface area contributed by atoms with Gasteiger partial charge in [-0.05, 0) is 55.5 Å². The lowest BCUT2D eigenvalue weighted by Gasteiger charge is -2.38. The minimum atomic E-state index is -3.59. The number of hydrogen-bond acceptors (Lipinski definition) is 7. The second-order valence-electron chi connectivity index (χ2n) is 9.05. The number of ether oxygens (including phenoxy) is 3. The minimum Gasteiger partial charge on any atom is -0.454 e. The molecule has 3 aliphatic rings. The molecule has 10 heteroatoms. The molecule has 34 heavy (non-hydrogen) atoms. The fraction of sp³-hybridized carbons (Fsp3) is 0.500. The van der Waals surface area contributed by atoms with Crippen LogP contribution in [0.4, 0.5) is 0 Å². The molecule has 0 unspecified atom stereocenters. The molecule has 1 N–H and O–H groups in total. The minimum absolute atomic E-state index is 0.0231. The lowest BCUT2D eigenvalue weighted by molar-refractivity contribution is -0.126. The number of amides is 1. The summed E-state index contributed by atoms with van der Waals surface area (Å²) in [7, 11) is -3.59. The fourth-order valence-corrected chi connectivity index (χ4v) is 6.40. The van der Waals surface area contributed by atoms with Gasteiger partial charge >= 0.3 is 0 Å². The Morgan fingerprint density at radius 2 is 1.88 bits per heavy atom. The van der Waals surface area contributed by atoms with E-state index in [2.05, 4.69) is 10.3 Å². The first-order chi connectivity index (χ1) is 16.5. The number of aromatic nitrogens is 1. The lowest BCUT2D eigenvalue weighted by Crippen LogP contribution is -2.48. The first-order valence-electron chi connectivity index (χ1n) is 11.6. The molecule has 1 aromatic heterocycles. The van der Waals surface area contributed by atoms with Crippen molar-refractivity contribution in [1.29, 1.82) is 0 Å². The Morgan fingerprint density at radius 3 is 2.62 bits per heavy atom. The van der Waals surface area contributed by atoms with Gasteiger partial charge in [0.15, 0.2) is 11.5 Å². The van der Waals surface area contributed by atoms with Crippen molar-refractivity contribution < 1.29 is 27.4 Å². The standard InChI is InChI=1S/C24H29N3O6S/c28-23(18-5-10-27(11-6-18)34(29,30)20-2-1-9-25-15-20)26-16-24(7-12-31-13-8-24)19-3-4-21-22(14-19)33-17-32-21/h1-4,9,14-15,18H,5-8,10-13,16-17H2,(H,26,28). The van der Waals surface area contributed by atoms with Crippen molar-refractivity contribution in [3.63, 3.8) is 0 Å². The van der Waals surface area contributed by atoms with Crippen molar-refractivity contribution in [2.24, 2.45) is 5.92 Å². The number of nitrogens with one attached hydrogen (secondary N) is 1. The summed E-state index contributed by atoms with van der Waals surface area (Å²) < 4.78 is 43.7. The predicted octanol–water partition coefficient (Wildman–Crippen LogP) is 2.08. The van der Waals surface area contributed by atoms with Crippen molar-refractivity contribution in [2.45, 2.75) is 36.0 Å². The van der Waals surface area contributed by atoms with E-state index in [1.54, 1.807) is 18.3 Å². The lowest BCUT2D eigenvalue weighted by atomic mass is 9.74. The molecule has 9 nitrogen and oxygen atoms in total. The zero-order valence-electron chi connectivity index (χ0n) is 18.9. The van der Waals surface area contributed by atoms with Gasteiger partial charge in [0, 0.05) is 56.6 Å². The molecule has 4 heterocycles. The molecular weight excluding hydrogens is 458 g/mol. The van der Waals surface area contributed by atoms with Gasteiger partial charge in [0.25, 0.3) is 0 Å². The second-order valence-corrected chi connectivity index (χ2v) is 11.0. The van der Waals surface area contributed by atoms with Gasteiger partial charge in [0.05, 0.1) is 0 Å². The van der Waals surface area contributed by atoms with Crippen LogP contribution in [-0.2, 0) is 25.0 Å². The van der Waals surface area contributed by atoms with E-state index in [1.165, 1.54) is 10.5 Å². The molecule has 2 fully saturated rings. The summed E-state index contributed by atoms with van der Waals surface area (Å²) >= 11 is 0. The van der Waals surface area contributed by atoms with E-state index >= 15 is 0 Å². The normalized spacial score (nSPS) is 20.7. The van der Waals surface area contributed by atoms with Crippen LogP contribution < -0.4 is 14.8 Å². The fourth-order valence-electron chi connectivity index (χ4n) is 4.96. The van der Waals surface area contributed by atoms with E-state index < -0.39 is 10.0 Å². The highest BCUT2D eigenvalue weighted by Gasteiger charge is 2.38. The number of rotatable bonds is 6. The van der Waals surface area contributed by atoms with Crippen molar-refractivity contribution in [2.75, 3.05) is 39.6 Å². The maximum absolute atomic E-state index is 13.1. The van der Waals surface area contributed by atoms with Crippen LogP contribution in [0.25, 0.3) is 0 Å². The number of carbonyl (C=O) groups is 1. The molecule has 5 rings (SSSR count). The van der Waals surface area contributed by atoms with Crippen molar-refractivity contribution in [3.8, 4) is 11.5 Å². The van der Waals surface area contributed by atoms with Gasteiger partial charge in [-0.1, -0.05) is 6.07 Å². The van der Waals surface area contributed by atoms with Crippen molar-refractivity contribution in [1.82, 2.24) is 14.6 Å². The van der Waals surface area contributed by atoms with Crippen LogP contribution in [0, 0.1) is 5.92 Å². The molecule has 3 aliphatic heterocycles. The predicted molar refractivity (Wildman–Crippen MR) is 123 cm³/mol. The number of nitrogens with zero attached hydrogens (tertiary/aromatic N) is 2. The molecule has 0 bridgehead atoms. The molecule has 0 aliphatic carbocycles. The number of fused-ring (bicyclic) bond motifs is 1. The van der Waals surface area contributed by atoms with Crippen molar-refractivity contribution >= 4 is 15.9 Å². The van der Waals surface area contributed by atoms with Gasteiger partial charge in [-0.25, -0.2) is 8.42 Å². The highest BCUT2D eigenvalue weighted by Crippen LogP contribution is 2.40. The molecule has 1 aromatic carbocycles. The van der Waals surface area contributed by atoms with Crippen LogP contribution in [0.1, 0.15) is 31.2 Å². The molecule has 0 atom stereocenters. The molecule has 0 spiro atoms. The van der Waals surface area contributed by atoms with Gasteiger partial charge in [-0.3, -0.25) is 9.78 Å². The zero-order chi connectivity index (χ0) is 23.6. The SMILES string of the molecule is O=C(NCC1(c2ccc3c(c2)OCO3)CCOCC1)C1CCN(S(=O)(=O)c2cccnc2)CC1. The Labute approximate surface area is 199 Å². The number of pyridine rings is 1. The van der Waals surface area contributed by atoms with E-state index in [0.29, 0.717) is 45.7 Å². The van der Waals surface area contributed by atoms with Gasteiger partial charge in [0.2, 0.25) is 22.7 Å². The third-order valence-corrected chi connectivity index (χ3v) is 9.01. The number of carbonyl (C=O) groups excluding carboxylic acids is 1. The molecule has 0 radical (unpaired) electrons. The Hall–Kier alpha value is -2.69. The Balaban J connectivity index is 1.22. The third-order valence-electron chi connectivity index (χ3n) is 7.13. The first-order valence-corrected chi connectivity index (χ1v) is 13.1. The largest absolute Gasteiger partial charge is 0.454 e. The van der Waals surface area contributed by atoms with Crippen molar-refractivity contribution in [3.05, 3.63) is 48.3 Å². The molecule has 2 saturated heterocycles. The van der Waals surface area contributed by atoms with E-state index in [0.717, 1.165) is 29.9 Å². The number of sulfonamides is 1. The molecule has 182 valence electrons. The summed E-state index contributed by atoms with van der Waals surface area (Å²) in [5, 5.41) is 3.17. The summed E-state index contributed by atoms with van der Waals surface area (Å²) in [4.78, 5) is 17.2. The summed E-state index contributed by atoms with van der Waals surface area (Å²) in [5.74, 6) is 1.24. The van der Waals surface area contributed by atoms with Crippen LogP contribution in [0.2, 0.25) is 0 Å². The van der Waals surface area contributed by atoms with E-state index in [-0.39, 0.29) is 28.9 Å². The highest BCUT2D eigenvalue weighted by atomic mass is 32.2. The number of piperidine rings is 1. The molecule has 0 saturated carbocycles. The molecular formula is C24H29N3O6S. The topological polar surface area (TPSA) is 107 Å². The average Bonchev–Trinajstić information content (AvgIpc) is 3.36. The summed E-state index contributed by atoms with van der Waals surface area (Å²) in [6, 6.07) is 9.15. The van der Waals surface area contributed by atoms with Gasteiger partial charge in [-0.15, -0.1) is 0 Å². The monoisotopic (exact) mass is 487 g/mol. The van der Waals surface area contributed by atoms with E-state index in [1.807, 2.05) is 18.2 Å². The van der Waals surface area contributed by atoms with Gasteiger partial charge in [-0.2, -0.15) is 4.31 Å². The van der Waals surface area contributed by atoms with Gasteiger partial charge < -0.3 is 19.5 Å². The summed E-state index contributed by atoms with van der Waals surface area (Å²) in [6.07, 6.45) is 5.49. The van der Waals surface area contributed by atoms with E-state index in [4.69, 9.17) is 14.2 Å². The van der Waals surface area contributed by atoms with Crippen LogP contribution in [0.5, 0.6) is 11.5 Å². The van der Waals surface area contributed by atoms with Gasteiger partial charge in [0.1, 0.15) is 4.90 Å². The molecule has 1 amide bonds. The van der Waals surface area contributed by atoms with Crippen LogP contribution in [0.15, 0.2) is 47.6 Å².